The summed E-state index contributed by atoms with van der Waals surface area (Å²) in [4.78, 5) is 15.5. The molecule has 0 unspecified atom stereocenters. The van der Waals surface area contributed by atoms with E-state index < -0.39 is 0 Å². The highest BCUT2D eigenvalue weighted by Crippen LogP contribution is 2.41. The molecule has 2 bridgehead atoms. The number of halogens is 1. The van der Waals surface area contributed by atoms with Crippen molar-refractivity contribution in [1.29, 1.82) is 0 Å². The third kappa shape index (κ3) is 2.21. The SMILES string of the molecule is O=[N+]([O-])C1=C2N(CC3=CC=C(Cl)CC3)CCN2[C@@H]2CC[C@H]1O2. The molecule has 1 aliphatic carbocycles. The molecule has 2 fully saturated rings. The number of ether oxygens (including phenoxy) is 1. The normalized spacial score (nSPS) is 30.4. The van der Waals surface area contributed by atoms with Crippen LogP contribution in [0.15, 0.2) is 34.3 Å². The Kier molecular flexibility index (Phi) is 3.38. The van der Waals surface area contributed by atoms with Gasteiger partial charge in [-0.15, -0.1) is 0 Å². The van der Waals surface area contributed by atoms with Crippen LogP contribution in [0.5, 0.6) is 0 Å². The molecule has 0 spiro atoms. The Labute approximate surface area is 133 Å². The van der Waals surface area contributed by atoms with E-state index in [9.17, 15) is 10.1 Å². The highest BCUT2D eigenvalue weighted by molar-refractivity contribution is 6.29. The molecule has 6 nitrogen and oxygen atoms in total. The molecule has 0 amide bonds. The molecule has 0 aromatic carbocycles. The Hall–Kier alpha value is -1.53. The van der Waals surface area contributed by atoms with Crippen LogP contribution in [0.3, 0.4) is 0 Å². The van der Waals surface area contributed by atoms with Gasteiger partial charge < -0.3 is 14.5 Å². The van der Waals surface area contributed by atoms with E-state index >= 15 is 0 Å². The molecule has 3 aliphatic heterocycles. The number of hydrogen-bond donors (Lipinski definition) is 0. The van der Waals surface area contributed by atoms with E-state index in [-0.39, 0.29) is 23.0 Å². The van der Waals surface area contributed by atoms with Gasteiger partial charge in [-0.05, 0) is 31.8 Å². The lowest BCUT2D eigenvalue weighted by atomic mass is 10.0. The number of hydrogen-bond acceptors (Lipinski definition) is 5. The van der Waals surface area contributed by atoms with E-state index in [1.165, 1.54) is 5.57 Å². The summed E-state index contributed by atoms with van der Waals surface area (Å²) in [6, 6.07) is 0. The smallest absolute Gasteiger partial charge is 0.314 e. The summed E-state index contributed by atoms with van der Waals surface area (Å²) in [6.45, 7) is 2.35. The number of nitrogens with zero attached hydrogens (tertiary/aromatic N) is 3. The topological polar surface area (TPSA) is 58.9 Å². The van der Waals surface area contributed by atoms with Gasteiger partial charge in [0.1, 0.15) is 6.23 Å². The molecule has 4 aliphatic rings. The Morgan fingerprint density at radius 3 is 2.91 bits per heavy atom. The first-order valence-electron chi connectivity index (χ1n) is 7.73. The van der Waals surface area contributed by atoms with Gasteiger partial charge in [0.2, 0.25) is 0 Å². The molecule has 22 heavy (non-hydrogen) atoms. The van der Waals surface area contributed by atoms with Crippen LogP contribution in [0.1, 0.15) is 25.7 Å². The molecule has 4 rings (SSSR count). The number of allylic oxidation sites excluding steroid dienone is 3. The van der Waals surface area contributed by atoms with Crippen LogP contribution in [0.25, 0.3) is 0 Å². The summed E-state index contributed by atoms with van der Waals surface area (Å²) in [5, 5.41) is 12.4. The minimum Gasteiger partial charge on any atom is -0.347 e. The van der Waals surface area contributed by atoms with Gasteiger partial charge in [-0.3, -0.25) is 10.1 Å². The summed E-state index contributed by atoms with van der Waals surface area (Å²) in [5.41, 5.74) is 1.52. The Balaban J connectivity index is 1.64. The van der Waals surface area contributed by atoms with Crippen LogP contribution < -0.4 is 0 Å². The van der Waals surface area contributed by atoms with Crippen molar-refractivity contribution in [2.75, 3.05) is 19.6 Å². The molecule has 0 radical (unpaired) electrons. The maximum atomic E-state index is 11.5. The maximum Gasteiger partial charge on any atom is 0.314 e. The van der Waals surface area contributed by atoms with Crippen LogP contribution in [0.2, 0.25) is 0 Å². The highest BCUT2D eigenvalue weighted by atomic mass is 35.5. The first-order valence-corrected chi connectivity index (χ1v) is 8.11. The third-order valence-electron chi connectivity index (χ3n) is 4.84. The quantitative estimate of drug-likeness (QED) is 0.589. The molecular formula is C15H18ClN3O3. The zero-order valence-corrected chi connectivity index (χ0v) is 13.0. The first-order chi connectivity index (χ1) is 10.6. The Bertz CT molecular complexity index is 613. The average Bonchev–Trinajstić information content (AvgIpc) is 3.08. The minimum atomic E-state index is -0.346. The lowest BCUT2D eigenvalue weighted by Gasteiger charge is -2.33. The summed E-state index contributed by atoms with van der Waals surface area (Å²) in [5.74, 6) is 0.783. The monoisotopic (exact) mass is 323 g/mol. The number of rotatable bonds is 3. The molecular weight excluding hydrogens is 306 g/mol. The van der Waals surface area contributed by atoms with Crippen LogP contribution in [0.4, 0.5) is 0 Å². The van der Waals surface area contributed by atoms with E-state index in [0.717, 1.165) is 56.2 Å². The fraction of sp³-hybridized carbons (Fsp3) is 0.600. The second kappa shape index (κ2) is 5.28. The number of fused-ring (bicyclic) bond motifs is 4. The summed E-state index contributed by atoms with van der Waals surface area (Å²) in [7, 11) is 0. The van der Waals surface area contributed by atoms with Crippen molar-refractivity contribution >= 4 is 11.6 Å². The lowest BCUT2D eigenvalue weighted by molar-refractivity contribution is -0.443. The average molecular weight is 324 g/mol. The van der Waals surface area contributed by atoms with Gasteiger partial charge in [-0.2, -0.15) is 0 Å². The zero-order chi connectivity index (χ0) is 15.3. The predicted molar refractivity (Wildman–Crippen MR) is 81.4 cm³/mol. The van der Waals surface area contributed by atoms with Crippen LogP contribution in [-0.4, -0.2) is 46.7 Å². The second-order valence-corrected chi connectivity index (χ2v) is 6.66. The number of nitro groups is 1. The van der Waals surface area contributed by atoms with Crippen molar-refractivity contribution in [2.45, 2.75) is 38.0 Å². The Morgan fingerprint density at radius 1 is 1.32 bits per heavy atom. The molecule has 0 N–H and O–H groups in total. The second-order valence-electron chi connectivity index (χ2n) is 6.18. The van der Waals surface area contributed by atoms with E-state index in [1.54, 1.807) is 0 Å². The highest BCUT2D eigenvalue weighted by Gasteiger charge is 2.50. The van der Waals surface area contributed by atoms with Crippen molar-refractivity contribution in [1.82, 2.24) is 9.80 Å². The van der Waals surface area contributed by atoms with E-state index in [4.69, 9.17) is 16.3 Å². The maximum absolute atomic E-state index is 11.5. The molecule has 7 heteroatoms. The zero-order valence-electron chi connectivity index (χ0n) is 12.2. The van der Waals surface area contributed by atoms with Crippen LogP contribution in [-0.2, 0) is 4.74 Å². The molecule has 118 valence electrons. The molecule has 0 aromatic rings. The summed E-state index contributed by atoms with van der Waals surface area (Å²) < 4.78 is 5.80. The molecule has 0 aromatic heterocycles. The van der Waals surface area contributed by atoms with Gasteiger partial charge in [0.05, 0.1) is 4.92 Å². The van der Waals surface area contributed by atoms with Gasteiger partial charge in [0.15, 0.2) is 11.9 Å². The van der Waals surface area contributed by atoms with Gasteiger partial charge in [-0.25, -0.2) is 0 Å². The standard InChI is InChI=1S/C15H18ClN3O3/c16-11-3-1-10(2-4-11)9-17-7-8-18-13-6-5-12(22-13)14(15(17)18)19(20)21/h1,3,12-13H,2,4-9H2/t12-,13+/m1/s1. The van der Waals surface area contributed by atoms with Crippen LogP contribution >= 0.6 is 11.6 Å². The fourth-order valence-corrected chi connectivity index (χ4v) is 3.95. The van der Waals surface area contributed by atoms with Crippen molar-refractivity contribution in [3.8, 4) is 0 Å². The molecule has 2 saturated heterocycles. The third-order valence-corrected chi connectivity index (χ3v) is 5.15. The van der Waals surface area contributed by atoms with Crippen molar-refractivity contribution in [3.05, 3.63) is 44.4 Å². The van der Waals surface area contributed by atoms with E-state index in [2.05, 4.69) is 15.9 Å². The minimum absolute atomic E-state index is 0.0170. The summed E-state index contributed by atoms with van der Waals surface area (Å²) in [6.07, 6.45) is 7.07. The first kappa shape index (κ1) is 14.1. The van der Waals surface area contributed by atoms with Crippen LogP contribution in [0, 0.1) is 10.1 Å². The van der Waals surface area contributed by atoms with Crippen molar-refractivity contribution in [3.63, 3.8) is 0 Å². The van der Waals surface area contributed by atoms with Gasteiger partial charge in [0.25, 0.3) is 0 Å². The molecule has 3 heterocycles. The molecule has 0 saturated carbocycles. The van der Waals surface area contributed by atoms with Crippen molar-refractivity contribution < 1.29 is 9.66 Å². The van der Waals surface area contributed by atoms with Gasteiger partial charge in [0, 0.05) is 24.7 Å². The molecule has 2 atom stereocenters. The lowest BCUT2D eigenvalue weighted by Crippen LogP contribution is -2.41. The predicted octanol–water partition coefficient (Wildman–Crippen LogP) is 2.41. The summed E-state index contributed by atoms with van der Waals surface area (Å²) >= 11 is 6.00. The largest absolute Gasteiger partial charge is 0.347 e. The fourth-order valence-electron chi connectivity index (χ4n) is 3.79. The van der Waals surface area contributed by atoms with E-state index in [1.807, 2.05) is 6.08 Å². The Morgan fingerprint density at radius 2 is 2.18 bits per heavy atom. The van der Waals surface area contributed by atoms with Gasteiger partial charge in [-0.1, -0.05) is 23.3 Å². The van der Waals surface area contributed by atoms with Gasteiger partial charge >= 0.3 is 5.70 Å². The van der Waals surface area contributed by atoms with Crippen molar-refractivity contribution in [2.24, 2.45) is 0 Å². The van der Waals surface area contributed by atoms with E-state index in [0.29, 0.717) is 0 Å².